The zero-order valence-corrected chi connectivity index (χ0v) is 16.9. The predicted octanol–water partition coefficient (Wildman–Crippen LogP) is 3.95. The number of carbonyl (C=O) groups excluding carboxylic acids is 2. The van der Waals surface area contributed by atoms with Crippen LogP contribution in [0.4, 0.5) is 0 Å². The molecule has 1 aliphatic heterocycles. The molecule has 0 unspecified atom stereocenters. The van der Waals surface area contributed by atoms with Crippen LogP contribution in [0.15, 0.2) is 44.7 Å². The van der Waals surface area contributed by atoms with Gasteiger partial charge >= 0.3 is 5.97 Å². The van der Waals surface area contributed by atoms with Gasteiger partial charge in [0.2, 0.25) is 0 Å². The van der Waals surface area contributed by atoms with E-state index in [2.05, 4.69) is 10.3 Å². The van der Waals surface area contributed by atoms with E-state index in [0.717, 1.165) is 15.5 Å². The number of carbonyl (C=O) groups is 2. The van der Waals surface area contributed by atoms with Crippen LogP contribution in [0.3, 0.4) is 0 Å². The van der Waals surface area contributed by atoms with Gasteiger partial charge in [0, 0.05) is 11.3 Å². The van der Waals surface area contributed by atoms with Gasteiger partial charge in [-0.05, 0) is 36.7 Å². The van der Waals surface area contributed by atoms with E-state index in [1.807, 2.05) is 35.0 Å². The van der Waals surface area contributed by atoms with Crippen LogP contribution in [-0.4, -0.2) is 34.4 Å². The summed E-state index contributed by atoms with van der Waals surface area (Å²) in [6.07, 6.45) is 0.630. The summed E-state index contributed by atoms with van der Waals surface area (Å²) >= 11 is 3.16. The van der Waals surface area contributed by atoms with Crippen molar-refractivity contribution >= 4 is 40.3 Å². The van der Waals surface area contributed by atoms with E-state index in [4.69, 9.17) is 9.26 Å². The summed E-state index contributed by atoms with van der Waals surface area (Å²) < 4.78 is 10.2. The number of thiophene rings is 2. The summed E-state index contributed by atoms with van der Waals surface area (Å²) in [5, 5.41) is 13.7. The molecule has 144 valence electrons. The van der Waals surface area contributed by atoms with Crippen molar-refractivity contribution in [3.8, 4) is 0 Å². The van der Waals surface area contributed by atoms with Gasteiger partial charge in [0.15, 0.2) is 6.61 Å². The minimum Gasteiger partial charge on any atom is -0.452 e. The Morgan fingerprint density at radius 1 is 1.25 bits per heavy atom. The topological polar surface area (TPSA) is 85.0 Å². The van der Waals surface area contributed by atoms with Crippen LogP contribution in [0.1, 0.15) is 44.0 Å². The van der Waals surface area contributed by atoms with E-state index in [1.165, 1.54) is 5.01 Å². The maximum Gasteiger partial charge on any atom is 0.344 e. The van der Waals surface area contributed by atoms with Gasteiger partial charge in [0.25, 0.3) is 5.91 Å². The number of esters is 1. The highest BCUT2D eigenvalue weighted by molar-refractivity contribution is 7.12. The SMILES string of the molecule is Cc1noc(C)c1C(=O)OCC(=O)N1N=C(c2cccs2)C[C@H]1c1cccs1. The van der Waals surface area contributed by atoms with Gasteiger partial charge < -0.3 is 9.26 Å². The molecule has 0 bridgehead atoms. The molecule has 0 saturated heterocycles. The molecule has 4 rings (SSSR count). The normalized spacial score (nSPS) is 16.3. The Morgan fingerprint density at radius 2 is 2.04 bits per heavy atom. The Kier molecular flexibility index (Phi) is 5.10. The molecule has 28 heavy (non-hydrogen) atoms. The molecule has 0 N–H and O–H groups in total. The maximum atomic E-state index is 12.8. The Hall–Kier alpha value is -2.78. The minimum absolute atomic E-state index is 0.192. The second-order valence-electron chi connectivity index (χ2n) is 6.27. The largest absolute Gasteiger partial charge is 0.452 e. The summed E-state index contributed by atoms with van der Waals surface area (Å²) in [6.45, 7) is 2.88. The lowest BCUT2D eigenvalue weighted by molar-refractivity contribution is -0.136. The smallest absolute Gasteiger partial charge is 0.344 e. The number of hydrazone groups is 1. The molecule has 3 aromatic heterocycles. The monoisotopic (exact) mass is 415 g/mol. The molecule has 4 heterocycles. The van der Waals surface area contributed by atoms with Gasteiger partial charge in [-0.3, -0.25) is 4.79 Å². The number of aromatic nitrogens is 1. The van der Waals surface area contributed by atoms with Crippen LogP contribution in [-0.2, 0) is 9.53 Å². The van der Waals surface area contributed by atoms with Crippen LogP contribution in [0, 0.1) is 13.8 Å². The first-order valence-electron chi connectivity index (χ1n) is 8.61. The third-order valence-corrected chi connectivity index (χ3v) is 6.30. The number of ether oxygens (including phenoxy) is 1. The highest BCUT2D eigenvalue weighted by Crippen LogP contribution is 2.35. The van der Waals surface area contributed by atoms with Crippen LogP contribution in [0.5, 0.6) is 0 Å². The van der Waals surface area contributed by atoms with Crippen LogP contribution < -0.4 is 0 Å². The average Bonchev–Trinajstić information content (AvgIpc) is 3.44. The molecule has 0 aliphatic carbocycles. The molecule has 3 aromatic rings. The third kappa shape index (κ3) is 3.50. The van der Waals surface area contributed by atoms with Gasteiger partial charge in [-0.25, -0.2) is 9.80 Å². The molecule has 0 saturated carbocycles. The van der Waals surface area contributed by atoms with Crippen molar-refractivity contribution in [1.82, 2.24) is 10.2 Å². The van der Waals surface area contributed by atoms with Gasteiger partial charge in [-0.2, -0.15) is 5.10 Å². The van der Waals surface area contributed by atoms with Gasteiger partial charge in [-0.1, -0.05) is 17.3 Å². The predicted molar refractivity (Wildman–Crippen MR) is 106 cm³/mol. The molecule has 1 aliphatic rings. The molecule has 7 nitrogen and oxygen atoms in total. The molecule has 0 aromatic carbocycles. The first-order chi connectivity index (χ1) is 13.5. The van der Waals surface area contributed by atoms with Crippen molar-refractivity contribution in [2.75, 3.05) is 6.61 Å². The van der Waals surface area contributed by atoms with Crippen molar-refractivity contribution in [3.05, 3.63) is 61.8 Å². The molecule has 0 radical (unpaired) electrons. The number of hydrogen-bond donors (Lipinski definition) is 0. The standard InChI is InChI=1S/C19H17N3O4S2/c1-11-18(12(2)26-21-11)19(24)25-10-17(23)22-14(16-6-4-8-28-16)9-13(20-22)15-5-3-7-27-15/h3-8,14H,9-10H2,1-2H3/t14-/m0/s1. The fourth-order valence-electron chi connectivity index (χ4n) is 3.07. The fraction of sp³-hybridized carbons (Fsp3) is 0.263. The first kappa shape index (κ1) is 18.6. The zero-order chi connectivity index (χ0) is 19.7. The molecule has 0 spiro atoms. The van der Waals surface area contributed by atoms with Crippen LogP contribution >= 0.6 is 22.7 Å². The molecule has 9 heteroatoms. The zero-order valence-electron chi connectivity index (χ0n) is 15.2. The molecular formula is C19H17N3O4S2. The van der Waals surface area contributed by atoms with Crippen molar-refractivity contribution in [2.24, 2.45) is 5.10 Å². The number of amides is 1. The lowest BCUT2D eigenvalue weighted by Gasteiger charge is -2.20. The minimum atomic E-state index is -0.626. The number of rotatable bonds is 5. The summed E-state index contributed by atoms with van der Waals surface area (Å²) in [4.78, 5) is 27.2. The van der Waals surface area contributed by atoms with E-state index < -0.39 is 12.6 Å². The van der Waals surface area contributed by atoms with Crippen molar-refractivity contribution in [1.29, 1.82) is 0 Å². The van der Waals surface area contributed by atoms with E-state index in [9.17, 15) is 9.59 Å². The lowest BCUT2D eigenvalue weighted by atomic mass is 10.1. The quantitative estimate of drug-likeness (QED) is 0.589. The third-order valence-electron chi connectivity index (χ3n) is 4.41. The van der Waals surface area contributed by atoms with E-state index in [0.29, 0.717) is 17.9 Å². The second-order valence-corrected chi connectivity index (χ2v) is 8.20. The Morgan fingerprint density at radius 3 is 2.68 bits per heavy atom. The van der Waals surface area contributed by atoms with Crippen LogP contribution in [0.25, 0.3) is 0 Å². The highest BCUT2D eigenvalue weighted by atomic mass is 32.1. The number of nitrogens with zero attached hydrogens (tertiary/aromatic N) is 3. The van der Waals surface area contributed by atoms with Gasteiger partial charge in [0.1, 0.15) is 11.3 Å². The summed E-state index contributed by atoms with van der Waals surface area (Å²) in [5.74, 6) is -0.630. The second kappa shape index (κ2) is 7.69. The number of aryl methyl sites for hydroxylation is 2. The van der Waals surface area contributed by atoms with Gasteiger partial charge in [-0.15, -0.1) is 22.7 Å². The first-order valence-corrected chi connectivity index (χ1v) is 10.4. The van der Waals surface area contributed by atoms with Crippen molar-refractivity contribution < 1.29 is 18.8 Å². The van der Waals surface area contributed by atoms with E-state index >= 15 is 0 Å². The Bertz CT molecular complexity index is 1000. The molecular weight excluding hydrogens is 398 g/mol. The van der Waals surface area contributed by atoms with Gasteiger partial charge in [0.05, 0.1) is 22.3 Å². The molecule has 1 amide bonds. The fourth-order valence-corrected chi connectivity index (χ4v) is 4.61. The summed E-state index contributed by atoms with van der Waals surface area (Å²) in [7, 11) is 0. The molecule has 0 fully saturated rings. The summed E-state index contributed by atoms with van der Waals surface area (Å²) in [5.41, 5.74) is 1.55. The van der Waals surface area contributed by atoms with Crippen molar-refractivity contribution in [2.45, 2.75) is 26.3 Å². The van der Waals surface area contributed by atoms with Crippen LogP contribution in [0.2, 0.25) is 0 Å². The number of hydrogen-bond acceptors (Lipinski definition) is 8. The average molecular weight is 415 g/mol. The molecule has 1 atom stereocenters. The van der Waals surface area contributed by atoms with E-state index in [1.54, 1.807) is 36.5 Å². The van der Waals surface area contributed by atoms with Crippen molar-refractivity contribution in [3.63, 3.8) is 0 Å². The van der Waals surface area contributed by atoms with E-state index in [-0.39, 0.29) is 17.5 Å². The Labute approximate surface area is 169 Å². The lowest BCUT2D eigenvalue weighted by Crippen LogP contribution is -2.31. The maximum absolute atomic E-state index is 12.8. The summed E-state index contributed by atoms with van der Waals surface area (Å²) in [6, 6.07) is 7.68. The Balaban J connectivity index is 1.51. The highest BCUT2D eigenvalue weighted by Gasteiger charge is 2.34.